The molecule has 4 N–H and O–H groups in total. The molecule has 0 spiro atoms. The quantitative estimate of drug-likeness (QED) is 0.403. The lowest BCUT2D eigenvalue weighted by molar-refractivity contribution is -0.122. The van der Waals surface area contributed by atoms with Crippen LogP contribution < -0.4 is 15.2 Å². The second kappa shape index (κ2) is 10.6. The topological polar surface area (TPSA) is 119 Å². The zero-order chi connectivity index (χ0) is 26.8. The average Bonchev–Trinajstić information content (AvgIpc) is 3.22. The molecule has 1 aromatic heterocycles. The lowest BCUT2D eigenvalue weighted by Crippen LogP contribution is -2.30. The van der Waals surface area contributed by atoms with E-state index in [1.54, 1.807) is 23.7 Å². The zero-order valence-corrected chi connectivity index (χ0v) is 21.8. The third-order valence-electron chi connectivity index (χ3n) is 5.58. The Kier molecular flexibility index (Phi) is 8.19. The maximum absolute atomic E-state index is 14.5. The van der Waals surface area contributed by atoms with Crippen LogP contribution in [0, 0.1) is 11.6 Å². The molecule has 0 aliphatic rings. The fraction of sp³-hybridized carbons (Fsp3) is 0.333. The summed E-state index contributed by atoms with van der Waals surface area (Å²) in [4.78, 5) is 12.9. The Hall–Kier alpha value is -2.86. The van der Waals surface area contributed by atoms with Crippen LogP contribution >= 0.6 is 11.6 Å². The van der Waals surface area contributed by atoms with Crippen LogP contribution in [-0.4, -0.2) is 24.1 Å². The summed E-state index contributed by atoms with van der Waals surface area (Å²) in [5.74, 6) is -2.26. The van der Waals surface area contributed by atoms with Crippen molar-refractivity contribution in [1.29, 1.82) is 0 Å². The van der Waals surface area contributed by atoms with E-state index in [2.05, 4.69) is 10.4 Å². The fourth-order valence-electron chi connectivity index (χ4n) is 3.39. The Labute approximate surface area is 214 Å². The number of nitrogens with one attached hydrogen (secondary N) is 2. The van der Waals surface area contributed by atoms with Gasteiger partial charge in [-0.15, -0.1) is 0 Å². The zero-order valence-electron chi connectivity index (χ0n) is 20.3. The number of benzene rings is 2. The summed E-state index contributed by atoms with van der Waals surface area (Å²) in [5, 5.41) is 12.3. The number of nitrogens with zero attached hydrogens (tertiary/aromatic N) is 2. The van der Waals surface area contributed by atoms with Crippen LogP contribution in [0.5, 0.6) is 0 Å². The van der Waals surface area contributed by atoms with Gasteiger partial charge in [-0.1, -0.05) is 44.5 Å². The summed E-state index contributed by atoms with van der Waals surface area (Å²) in [6, 6.07) is 10.2. The van der Waals surface area contributed by atoms with Gasteiger partial charge in [0.15, 0.2) is 0 Å². The first kappa shape index (κ1) is 27.7. The molecule has 1 unspecified atom stereocenters. The van der Waals surface area contributed by atoms with E-state index in [0.717, 1.165) is 5.69 Å². The van der Waals surface area contributed by atoms with Crippen LogP contribution in [0.15, 0.2) is 42.5 Å². The number of aromatic nitrogens is 2. The predicted octanol–water partition coefficient (Wildman–Crippen LogP) is 3.81. The van der Waals surface area contributed by atoms with E-state index in [1.807, 2.05) is 31.6 Å². The number of carbonyl (C=O) groups is 1. The van der Waals surface area contributed by atoms with Crippen LogP contribution in [0.3, 0.4) is 0 Å². The number of halogens is 3. The molecule has 0 fully saturated rings. The van der Waals surface area contributed by atoms with Crippen molar-refractivity contribution in [2.45, 2.75) is 52.1 Å². The van der Waals surface area contributed by atoms with E-state index in [0.29, 0.717) is 16.9 Å². The molecule has 1 heterocycles. The van der Waals surface area contributed by atoms with Crippen molar-refractivity contribution in [1.82, 2.24) is 19.8 Å². The van der Waals surface area contributed by atoms with Crippen molar-refractivity contribution in [3.63, 3.8) is 0 Å². The normalized spacial score (nSPS) is 13.0. The summed E-state index contributed by atoms with van der Waals surface area (Å²) < 4.78 is 53.8. The molecule has 0 aliphatic heterocycles. The van der Waals surface area contributed by atoms with Crippen LogP contribution in [0.1, 0.15) is 56.1 Å². The van der Waals surface area contributed by atoms with E-state index >= 15 is 0 Å². The van der Waals surface area contributed by atoms with E-state index in [9.17, 15) is 22.0 Å². The molecule has 1 amide bonds. The van der Waals surface area contributed by atoms with Gasteiger partial charge in [0.05, 0.1) is 34.6 Å². The van der Waals surface area contributed by atoms with Gasteiger partial charge in [0.1, 0.15) is 11.6 Å². The highest BCUT2D eigenvalue weighted by molar-refractivity contribution is 7.87. The van der Waals surface area contributed by atoms with E-state index in [1.165, 1.54) is 24.3 Å². The van der Waals surface area contributed by atoms with Gasteiger partial charge in [-0.25, -0.2) is 18.6 Å². The Morgan fingerprint density at radius 3 is 2.39 bits per heavy atom. The maximum atomic E-state index is 14.5. The predicted molar refractivity (Wildman–Crippen MR) is 134 cm³/mol. The van der Waals surface area contributed by atoms with Gasteiger partial charge in [-0.05, 0) is 42.8 Å². The van der Waals surface area contributed by atoms with E-state index in [4.69, 9.17) is 16.7 Å². The second-order valence-corrected chi connectivity index (χ2v) is 11.2. The molecule has 36 heavy (non-hydrogen) atoms. The minimum Gasteiger partial charge on any atom is -0.350 e. The highest BCUT2D eigenvalue weighted by atomic mass is 35.5. The van der Waals surface area contributed by atoms with Gasteiger partial charge in [0.2, 0.25) is 5.91 Å². The minimum absolute atomic E-state index is 0.0475. The summed E-state index contributed by atoms with van der Waals surface area (Å²) in [7, 11) is -3.96. The van der Waals surface area contributed by atoms with Crippen LogP contribution in [0.25, 0.3) is 5.69 Å². The number of amides is 1. The SMILES string of the molecule is CC(C(=O)NCc1cc(C(C)(C)C)nn1-c1ccc(F)c(Cl)c1)c1ccc(CNS(N)(=O)=O)c(F)c1. The number of nitrogens with two attached hydrogens (primary N) is 1. The molecule has 12 heteroatoms. The summed E-state index contributed by atoms with van der Waals surface area (Å²) in [6.45, 7) is 7.43. The molecule has 3 rings (SSSR count). The van der Waals surface area contributed by atoms with Gasteiger partial charge in [0, 0.05) is 17.5 Å². The fourth-order valence-corrected chi connectivity index (χ4v) is 3.92. The molecule has 0 saturated carbocycles. The van der Waals surface area contributed by atoms with Crippen LogP contribution in [0.2, 0.25) is 5.02 Å². The Morgan fingerprint density at radius 1 is 1.11 bits per heavy atom. The standard InChI is InChI=1S/C24H28ClF2N5O3S/c1-14(15-5-6-16(21(27)9-15)12-30-36(28,34)35)23(33)29-13-18-11-22(24(2,3)4)31-32(18)17-7-8-20(26)19(25)10-17/h5-11,14,30H,12-13H2,1-4H3,(H,29,33)(H2,28,34,35). The molecule has 2 aromatic carbocycles. The van der Waals surface area contributed by atoms with Crippen LogP contribution in [0.4, 0.5) is 8.78 Å². The monoisotopic (exact) mass is 539 g/mol. The number of hydrogen-bond acceptors (Lipinski definition) is 4. The minimum atomic E-state index is -3.96. The van der Waals surface area contributed by atoms with Crippen molar-refractivity contribution < 1.29 is 22.0 Å². The lowest BCUT2D eigenvalue weighted by atomic mass is 9.92. The molecule has 0 saturated heterocycles. The smallest absolute Gasteiger partial charge is 0.274 e. The van der Waals surface area contributed by atoms with Crippen molar-refractivity contribution in [3.05, 3.63) is 81.6 Å². The first-order valence-electron chi connectivity index (χ1n) is 11.0. The van der Waals surface area contributed by atoms with Crippen molar-refractivity contribution in [2.75, 3.05) is 0 Å². The highest BCUT2D eigenvalue weighted by Gasteiger charge is 2.22. The molecule has 0 bridgehead atoms. The first-order chi connectivity index (χ1) is 16.7. The maximum Gasteiger partial charge on any atom is 0.274 e. The van der Waals surface area contributed by atoms with Gasteiger partial charge >= 0.3 is 0 Å². The molecule has 0 radical (unpaired) electrons. The second-order valence-electron chi connectivity index (χ2n) is 9.44. The van der Waals surface area contributed by atoms with Crippen LogP contribution in [-0.2, 0) is 33.5 Å². The average molecular weight is 540 g/mol. The Balaban J connectivity index is 1.78. The third-order valence-corrected chi connectivity index (χ3v) is 6.41. The molecule has 3 aromatic rings. The largest absolute Gasteiger partial charge is 0.350 e. The summed E-state index contributed by atoms with van der Waals surface area (Å²) in [6.07, 6.45) is 0. The number of rotatable bonds is 8. The van der Waals surface area contributed by atoms with E-state index < -0.39 is 27.8 Å². The molecule has 1 atom stereocenters. The molecular weight excluding hydrogens is 512 g/mol. The molecule has 194 valence electrons. The van der Waals surface area contributed by atoms with Crippen molar-refractivity contribution >= 4 is 27.7 Å². The molecule has 8 nitrogen and oxygen atoms in total. The Bertz CT molecular complexity index is 1390. The summed E-state index contributed by atoms with van der Waals surface area (Å²) in [5.41, 5.74) is 2.19. The third kappa shape index (κ3) is 6.88. The number of hydrogen-bond donors (Lipinski definition) is 3. The van der Waals surface area contributed by atoms with E-state index in [-0.39, 0.29) is 35.0 Å². The number of carbonyl (C=O) groups excluding carboxylic acids is 1. The first-order valence-corrected chi connectivity index (χ1v) is 13.0. The van der Waals surface area contributed by atoms with Gasteiger partial charge in [-0.2, -0.15) is 18.2 Å². The van der Waals surface area contributed by atoms with Gasteiger partial charge in [0.25, 0.3) is 10.2 Å². The lowest BCUT2D eigenvalue weighted by Gasteiger charge is -2.15. The molecular formula is C24H28ClF2N5O3S. The highest BCUT2D eigenvalue weighted by Crippen LogP contribution is 2.26. The van der Waals surface area contributed by atoms with Gasteiger partial charge in [-0.3, -0.25) is 4.79 Å². The Morgan fingerprint density at radius 2 is 1.81 bits per heavy atom. The van der Waals surface area contributed by atoms with Crippen molar-refractivity contribution in [3.8, 4) is 5.69 Å². The molecule has 0 aliphatic carbocycles. The van der Waals surface area contributed by atoms with Crippen molar-refractivity contribution in [2.24, 2.45) is 5.14 Å². The summed E-state index contributed by atoms with van der Waals surface area (Å²) >= 11 is 5.96. The van der Waals surface area contributed by atoms with Gasteiger partial charge < -0.3 is 5.32 Å².